The number of nitrogens with zero attached hydrogens (tertiary/aromatic N) is 2. The first kappa shape index (κ1) is 9.40. The fourth-order valence-corrected chi connectivity index (χ4v) is 1.63. The minimum absolute atomic E-state index is 0.0829. The van der Waals surface area contributed by atoms with Gasteiger partial charge in [0.1, 0.15) is 0 Å². The first-order chi connectivity index (χ1) is 6.75. The summed E-state index contributed by atoms with van der Waals surface area (Å²) in [5, 5.41) is 4.18. The third-order valence-corrected chi connectivity index (χ3v) is 2.48. The van der Waals surface area contributed by atoms with Gasteiger partial charge in [0.25, 0.3) is 0 Å². The molecule has 1 fully saturated rings. The number of aromatic nitrogens is 2. The molecule has 1 saturated heterocycles. The molecule has 4 heteroatoms. The Kier molecular flexibility index (Phi) is 2.63. The molecule has 14 heavy (non-hydrogen) atoms. The molecular weight excluding hydrogens is 180 g/mol. The molecule has 0 aliphatic carbocycles. The van der Waals surface area contributed by atoms with Crippen LogP contribution in [0.4, 0.5) is 0 Å². The van der Waals surface area contributed by atoms with Crippen molar-refractivity contribution in [2.24, 2.45) is 5.92 Å². The zero-order valence-electron chi connectivity index (χ0n) is 8.27. The van der Waals surface area contributed by atoms with Gasteiger partial charge in [-0.15, -0.1) is 0 Å². The maximum absolute atomic E-state index is 11.7. The zero-order valence-corrected chi connectivity index (χ0v) is 8.27. The van der Waals surface area contributed by atoms with Crippen LogP contribution in [0.5, 0.6) is 0 Å². The molecule has 1 aliphatic rings. The van der Waals surface area contributed by atoms with Crippen molar-refractivity contribution in [3.05, 3.63) is 18.0 Å². The second-order valence-corrected chi connectivity index (χ2v) is 3.68. The topological polar surface area (TPSA) is 44.1 Å². The molecule has 1 unspecified atom stereocenters. The highest BCUT2D eigenvalue weighted by Gasteiger charge is 2.23. The van der Waals surface area contributed by atoms with E-state index in [-0.39, 0.29) is 11.7 Å². The van der Waals surface area contributed by atoms with Crippen molar-refractivity contribution in [2.75, 3.05) is 13.2 Å². The van der Waals surface area contributed by atoms with Crippen molar-refractivity contribution in [3.63, 3.8) is 0 Å². The standard InChI is InChI=1S/C10H14N2O2/c1-8-2-4-12(11-8)6-10(13)9-3-5-14-7-9/h2,4,9H,3,5-7H2,1H3. The third kappa shape index (κ3) is 2.01. The summed E-state index contributed by atoms with van der Waals surface area (Å²) in [6, 6.07) is 1.90. The van der Waals surface area contributed by atoms with Crippen LogP contribution in [0.3, 0.4) is 0 Å². The smallest absolute Gasteiger partial charge is 0.159 e. The summed E-state index contributed by atoms with van der Waals surface area (Å²) in [4.78, 5) is 11.7. The van der Waals surface area contributed by atoms with Gasteiger partial charge in [-0.2, -0.15) is 5.10 Å². The quantitative estimate of drug-likeness (QED) is 0.714. The maximum Gasteiger partial charge on any atom is 0.159 e. The predicted octanol–water partition coefficient (Wildman–Crippen LogP) is 0.797. The molecule has 1 aliphatic heterocycles. The Morgan fingerprint density at radius 1 is 1.79 bits per heavy atom. The molecule has 1 aromatic rings. The predicted molar refractivity (Wildman–Crippen MR) is 50.9 cm³/mol. The molecule has 2 rings (SSSR count). The first-order valence-electron chi connectivity index (χ1n) is 4.86. The zero-order chi connectivity index (χ0) is 9.97. The number of rotatable bonds is 3. The van der Waals surface area contributed by atoms with Gasteiger partial charge >= 0.3 is 0 Å². The lowest BCUT2D eigenvalue weighted by Gasteiger charge is -2.05. The molecule has 0 N–H and O–H groups in total. The highest BCUT2D eigenvalue weighted by Crippen LogP contribution is 2.14. The molecule has 1 atom stereocenters. The summed E-state index contributed by atoms with van der Waals surface area (Å²) in [6.07, 6.45) is 2.70. The van der Waals surface area contributed by atoms with Gasteiger partial charge < -0.3 is 4.74 Å². The van der Waals surface area contributed by atoms with E-state index >= 15 is 0 Å². The van der Waals surface area contributed by atoms with E-state index in [1.807, 2.05) is 19.2 Å². The van der Waals surface area contributed by atoms with Crippen LogP contribution in [-0.2, 0) is 16.1 Å². The lowest BCUT2D eigenvalue weighted by molar-refractivity contribution is -0.123. The fraction of sp³-hybridized carbons (Fsp3) is 0.600. The summed E-state index contributed by atoms with van der Waals surface area (Å²) in [7, 11) is 0. The van der Waals surface area contributed by atoms with Gasteiger partial charge in [0, 0.05) is 18.7 Å². The maximum atomic E-state index is 11.7. The van der Waals surface area contributed by atoms with Crippen LogP contribution < -0.4 is 0 Å². The van der Waals surface area contributed by atoms with Crippen molar-refractivity contribution < 1.29 is 9.53 Å². The lowest BCUT2D eigenvalue weighted by atomic mass is 10.0. The molecule has 2 heterocycles. The van der Waals surface area contributed by atoms with Gasteiger partial charge in [-0.25, -0.2) is 0 Å². The second kappa shape index (κ2) is 3.92. The Hall–Kier alpha value is -1.16. The number of aryl methyl sites for hydroxylation is 1. The van der Waals surface area contributed by atoms with Crippen LogP contribution in [0.2, 0.25) is 0 Å². The SMILES string of the molecule is Cc1ccn(CC(=O)C2CCOC2)n1. The summed E-state index contributed by atoms with van der Waals surface area (Å²) in [5.41, 5.74) is 0.945. The van der Waals surface area contributed by atoms with E-state index < -0.39 is 0 Å². The Bertz CT molecular complexity index is 327. The molecule has 4 nitrogen and oxygen atoms in total. The van der Waals surface area contributed by atoms with E-state index in [4.69, 9.17) is 4.74 Å². The van der Waals surface area contributed by atoms with Gasteiger partial charge in [-0.3, -0.25) is 9.48 Å². The average Bonchev–Trinajstić information content (AvgIpc) is 2.75. The highest BCUT2D eigenvalue weighted by atomic mass is 16.5. The Labute approximate surface area is 82.9 Å². The summed E-state index contributed by atoms with van der Waals surface area (Å²) in [6.45, 7) is 3.59. The normalized spacial score (nSPS) is 21.4. The van der Waals surface area contributed by atoms with Gasteiger partial charge in [0.05, 0.1) is 18.8 Å². The van der Waals surface area contributed by atoms with E-state index in [0.717, 1.165) is 12.1 Å². The summed E-state index contributed by atoms with van der Waals surface area (Å²) in [5.74, 6) is 0.310. The lowest BCUT2D eigenvalue weighted by Crippen LogP contribution is -2.20. The largest absolute Gasteiger partial charge is 0.381 e. The third-order valence-electron chi connectivity index (χ3n) is 2.48. The van der Waals surface area contributed by atoms with Crippen LogP contribution in [0.15, 0.2) is 12.3 Å². The van der Waals surface area contributed by atoms with Crippen molar-refractivity contribution >= 4 is 5.78 Å². The molecule has 1 aromatic heterocycles. The number of ketones is 1. The van der Waals surface area contributed by atoms with E-state index in [2.05, 4.69) is 5.10 Å². The highest BCUT2D eigenvalue weighted by molar-refractivity contribution is 5.81. The fourth-order valence-electron chi connectivity index (χ4n) is 1.63. The molecule has 0 amide bonds. The van der Waals surface area contributed by atoms with Crippen LogP contribution in [-0.4, -0.2) is 28.8 Å². The average molecular weight is 194 g/mol. The molecular formula is C10H14N2O2. The number of carbonyl (C=O) groups excluding carboxylic acids is 1. The second-order valence-electron chi connectivity index (χ2n) is 3.68. The molecule has 0 aromatic carbocycles. The van der Waals surface area contributed by atoms with E-state index in [1.54, 1.807) is 4.68 Å². The minimum Gasteiger partial charge on any atom is -0.381 e. The van der Waals surface area contributed by atoms with Gasteiger partial charge in [0.2, 0.25) is 0 Å². The number of Topliss-reactive ketones (excluding diaryl/α,β-unsaturated/α-hetero) is 1. The van der Waals surface area contributed by atoms with Gasteiger partial charge in [-0.05, 0) is 19.4 Å². The summed E-state index contributed by atoms with van der Waals surface area (Å²) >= 11 is 0. The number of hydrogen-bond donors (Lipinski definition) is 0. The molecule has 0 saturated carbocycles. The van der Waals surface area contributed by atoms with E-state index in [9.17, 15) is 4.79 Å². The van der Waals surface area contributed by atoms with Crippen LogP contribution in [0, 0.1) is 12.8 Å². The van der Waals surface area contributed by atoms with Crippen LogP contribution in [0.25, 0.3) is 0 Å². The van der Waals surface area contributed by atoms with E-state index in [0.29, 0.717) is 19.8 Å². The van der Waals surface area contributed by atoms with Crippen LogP contribution >= 0.6 is 0 Å². The minimum atomic E-state index is 0.0829. The molecule has 0 bridgehead atoms. The van der Waals surface area contributed by atoms with Crippen molar-refractivity contribution in [1.82, 2.24) is 9.78 Å². The Morgan fingerprint density at radius 2 is 2.64 bits per heavy atom. The molecule has 0 spiro atoms. The Balaban J connectivity index is 1.93. The monoisotopic (exact) mass is 194 g/mol. The number of carbonyl (C=O) groups is 1. The van der Waals surface area contributed by atoms with Crippen molar-refractivity contribution in [1.29, 1.82) is 0 Å². The Morgan fingerprint density at radius 3 is 3.21 bits per heavy atom. The van der Waals surface area contributed by atoms with E-state index in [1.165, 1.54) is 0 Å². The van der Waals surface area contributed by atoms with Gasteiger partial charge in [0.15, 0.2) is 5.78 Å². The van der Waals surface area contributed by atoms with Gasteiger partial charge in [-0.1, -0.05) is 0 Å². The van der Waals surface area contributed by atoms with Crippen molar-refractivity contribution in [2.45, 2.75) is 19.9 Å². The number of hydrogen-bond acceptors (Lipinski definition) is 3. The first-order valence-corrected chi connectivity index (χ1v) is 4.86. The number of ether oxygens (including phenoxy) is 1. The molecule has 76 valence electrons. The van der Waals surface area contributed by atoms with Crippen molar-refractivity contribution in [3.8, 4) is 0 Å². The molecule has 0 radical (unpaired) electrons. The summed E-state index contributed by atoms with van der Waals surface area (Å²) < 4.78 is 6.86. The van der Waals surface area contributed by atoms with Crippen LogP contribution in [0.1, 0.15) is 12.1 Å².